The molecule has 0 bridgehead atoms. The first-order valence-electron chi connectivity index (χ1n) is 7.53. The summed E-state index contributed by atoms with van der Waals surface area (Å²) in [5.74, 6) is 0. The highest BCUT2D eigenvalue weighted by atomic mass is 79.9. The lowest BCUT2D eigenvalue weighted by Crippen LogP contribution is -2.21. The standard InChI is InChI=1S/C18H21BrN2/c1-2-16(20)9-13-7-8-17(10-18(13)19)21-11-14-5-3-4-6-15(14)12-21/h3-8,10,16H,2,9,11-12,20H2,1H3. The van der Waals surface area contributed by atoms with E-state index in [1.807, 2.05) is 0 Å². The predicted octanol–water partition coefficient (Wildman–Crippen LogP) is 4.25. The normalized spacial score (nSPS) is 15.1. The van der Waals surface area contributed by atoms with E-state index >= 15 is 0 Å². The highest BCUT2D eigenvalue weighted by Gasteiger charge is 2.19. The van der Waals surface area contributed by atoms with E-state index in [1.165, 1.54) is 26.9 Å². The second kappa shape index (κ2) is 6.20. The number of fused-ring (bicyclic) bond motifs is 1. The molecule has 0 aliphatic carbocycles. The van der Waals surface area contributed by atoms with E-state index in [4.69, 9.17) is 5.73 Å². The minimum Gasteiger partial charge on any atom is -0.363 e. The molecule has 1 aliphatic rings. The lowest BCUT2D eigenvalue weighted by atomic mass is 10.0. The summed E-state index contributed by atoms with van der Waals surface area (Å²) in [7, 11) is 0. The summed E-state index contributed by atoms with van der Waals surface area (Å²) in [6, 6.07) is 15.6. The third kappa shape index (κ3) is 3.14. The Bertz CT molecular complexity index is 614. The molecule has 1 aliphatic heterocycles. The van der Waals surface area contributed by atoms with Gasteiger partial charge in [-0.25, -0.2) is 0 Å². The van der Waals surface area contributed by atoms with Crippen LogP contribution in [0.4, 0.5) is 5.69 Å². The topological polar surface area (TPSA) is 29.3 Å². The number of benzene rings is 2. The maximum Gasteiger partial charge on any atom is 0.0436 e. The summed E-state index contributed by atoms with van der Waals surface area (Å²) in [5.41, 5.74) is 11.5. The van der Waals surface area contributed by atoms with Gasteiger partial charge in [0, 0.05) is 29.3 Å². The molecule has 1 atom stereocenters. The number of hydrogen-bond acceptors (Lipinski definition) is 2. The van der Waals surface area contributed by atoms with Crippen LogP contribution in [-0.2, 0) is 19.5 Å². The van der Waals surface area contributed by atoms with E-state index in [1.54, 1.807) is 0 Å². The largest absolute Gasteiger partial charge is 0.363 e. The summed E-state index contributed by atoms with van der Waals surface area (Å²) in [4.78, 5) is 2.42. The Hall–Kier alpha value is -1.32. The number of halogens is 1. The zero-order valence-corrected chi connectivity index (χ0v) is 13.9. The van der Waals surface area contributed by atoms with E-state index in [0.717, 1.165) is 25.9 Å². The Morgan fingerprint density at radius 2 is 1.81 bits per heavy atom. The monoisotopic (exact) mass is 344 g/mol. The van der Waals surface area contributed by atoms with Crippen molar-refractivity contribution in [3.05, 3.63) is 63.6 Å². The first kappa shape index (κ1) is 14.6. The van der Waals surface area contributed by atoms with Gasteiger partial charge in [0.15, 0.2) is 0 Å². The SMILES string of the molecule is CCC(N)Cc1ccc(N2Cc3ccccc3C2)cc1Br. The van der Waals surface area contributed by atoms with Crippen molar-refractivity contribution in [2.24, 2.45) is 5.73 Å². The molecule has 0 fully saturated rings. The average Bonchev–Trinajstić information content (AvgIpc) is 2.93. The number of nitrogens with zero attached hydrogens (tertiary/aromatic N) is 1. The van der Waals surface area contributed by atoms with Crippen LogP contribution in [0, 0.1) is 0 Å². The molecule has 2 aromatic rings. The van der Waals surface area contributed by atoms with E-state index in [2.05, 4.69) is 70.2 Å². The predicted molar refractivity (Wildman–Crippen MR) is 92.4 cm³/mol. The van der Waals surface area contributed by atoms with E-state index in [9.17, 15) is 0 Å². The molecule has 21 heavy (non-hydrogen) atoms. The van der Waals surface area contributed by atoms with E-state index in [0.29, 0.717) is 0 Å². The summed E-state index contributed by atoms with van der Waals surface area (Å²) >= 11 is 3.70. The Kier molecular flexibility index (Phi) is 4.32. The molecule has 1 unspecified atom stereocenters. The van der Waals surface area contributed by atoms with Crippen molar-refractivity contribution in [2.75, 3.05) is 4.90 Å². The molecule has 110 valence electrons. The fourth-order valence-corrected chi connectivity index (χ4v) is 3.37. The summed E-state index contributed by atoms with van der Waals surface area (Å²) < 4.78 is 1.17. The van der Waals surface area contributed by atoms with Gasteiger partial charge in [0.05, 0.1) is 0 Å². The van der Waals surface area contributed by atoms with Gasteiger partial charge < -0.3 is 10.6 Å². The number of nitrogens with two attached hydrogens (primary N) is 1. The quantitative estimate of drug-likeness (QED) is 0.898. The molecule has 0 radical (unpaired) electrons. The van der Waals surface area contributed by atoms with Crippen molar-refractivity contribution in [2.45, 2.75) is 38.9 Å². The minimum atomic E-state index is 0.239. The van der Waals surface area contributed by atoms with Crippen molar-refractivity contribution < 1.29 is 0 Å². The number of hydrogen-bond donors (Lipinski definition) is 1. The van der Waals surface area contributed by atoms with Gasteiger partial charge in [-0.15, -0.1) is 0 Å². The van der Waals surface area contributed by atoms with Gasteiger partial charge in [-0.2, -0.15) is 0 Å². The summed E-state index contributed by atoms with van der Waals surface area (Å²) in [5, 5.41) is 0. The fraction of sp³-hybridized carbons (Fsp3) is 0.333. The Morgan fingerprint density at radius 3 is 2.38 bits per heavy atom. The highest BCUT2D eigenvalue weighted by Crippen LogP contribution is 2.31. The maximum atomic E-state index is 6.06. The van der Waals surface area contributed by atoms with Gasteiger partial charge in [-0.05, 0) is 41.7 Å². The molecular weight excluding hydrogens is 324 g/mol. The van der Waals surface area contributed by atoms with Crippen LogP contribution < -0.4 is 10.6 Å². The van der Waals surface area contributed by atoms with Crippen LogP contribution in [0.25, 0.3) is 0 Å². The molecule has 2 nitrogen and oxygen atoms in total. The Labute approximate surface area is 135 Å². The van der Waals surface area contributed by atoms with Gasteiger partial charge in [-0.1, -0.05) is 53.2 Å². The highest BCUT2D eigenvalue weighted by molar-refractivity contribution is 9.10. The van der Waals surface area contributed by atoms with Crippen molar-refractivity contribution in [1.82, 2.24) is 0 Å². The van der Waals surface area contributed by atoms with Gasteiger partial charge >= 0.3 is 0 Å². The Morgan fingerprint density at radius 1 is 1.14 bits per heavy atom. The molecule has 2 N–H and O–H groups in total. The molecule has 0 aromatic heterocycles. The minimum absolute atomic E-state index is 0.239. The van der Waals surface area contributed by atoms with Crippen LogP contribution in [-0.4, -0.2) is 6.04 Å². The second-order valence-corrected chi connectivity index (χ2v) is 6.63. The molecule has 2 aromatic carbocycles. The van der Waals surface area contributed by atoms with Gasteiger partial charge in [0.25, 0.3) is 0 Å². The zero-order chi connectivity index (χ0) is 14.8. The number of rotatable bonds is 4. The molecule has 3 heteroatoms. The zero-order valence-electron chi connectivity index (χ0n) is 12.3. The lowest BCUT2D eigenvalue weighted by Gasteiger charge is -2.19. The van der Waals surface area contributed by atoms with Gasteiger partial charge in [0.1, 0.15) is 0 Å². The molecule has 0 saturated carbocycles. The van der Waals surface area contributed by atoms with Crippen LogP contribution in [0.1, 0.15) is 30.0 Å². The van der Waals surface area contributed by atoms with Crippen LogP contribution >= 0.6 is 15.9 Å². The van der Waals surface area contributed by atoms with Crippen LogP contribution in [0.3, 0.4) is 0 Å². The molecular formula is C18H21BrN2. The summed E-state index contributed by atoms with van der Waals surface area (Å²) in [6.07, 6.45) is 1.94. The third-order valence-electron chi connectivity index (χ3n) is 4.25. The molecule has 0 saturated heterocycles. The summed E-state index contributed by atoms with van der Waals surface area (Å²) in [6.45, 7) is 4.13. The van der Waals surface area contributed by atoms with Crippen LogP contribution in [0.5, 0.6) is 0 Å². The van der Waals surface area contributed by atoms with Crippen molar-refractivity contribution >= 4 is 21.6 Å². The molecule has 1 heterocycles. The fourth-order valence-electron chi connectivity index (χ4n) is 2.84. The molecule has 0 spiro atoms. The van der Waals surface area contributed by atoms with E-state index in [-0.39, 0.29) is 6.04 Å². The van der Waals surface area contributed by atoms with Crippen molar-refractivity contribution in [3.8, 4) is 0 Å². The molecule has 0 amide bonds. The van der Waals surface area contributed by atoms with Gasteiger partial charge in [0.2, 0.25) is 0 Å². The second-order valence-electron chi connectivity index (χ2n) is 5.77. The average molecular weight is 345 g/mol. The van der Waals surface area contributed by atoms with E-state index < -0.39 is 0 Å². The molecule has 3 rings (SSSR count). The number of anilines is 1. The smallest absolute Gasteiger partial charge is 0.0436 e. The van der Waals surface area contributed by atoms with Crippen LogP contribution in [0.2, 0.25) is 0 Å². The van der Waals surface area contributed by atoms with Crippen molar-refractivity contribution in [1.29, 1.82) is 0 Å². The lowest BCUT2D eigenvalue weighted by molar-refractivity contribution is 0.645. The Balaban J connectivity index is 1.78. The van der Waals surface area contributed by atoms with Gasteiger partial charge in [-0.3, -0.25) is 0 Å². The first-order chi connectivity index (χ1) is 10.2. The first-order valence-corrected chi connectivity index (χ1v) is 8.32. The van der Waals surface area contributed by atoms with Crippen LogP contribution in [0.15, 0.2) is 46.9 Å². The van der Waals surface area contributed by atoms with Crippen molar-refractivity contribution in [3.63, 3.8) is 0 Å². The maximum absolute atomic E-state index is 6.06. The third-order valence-corrected chi connectivity index (χ3v) is 4.99.